The molecule has 6 nitrogen and oxygen atoms in total. The van der Waals surface area contributed by atoms with Crippen molar-refractivity contribution in [3.05, 3.63) is 71.9 Å². The van der Waals surface area contributed by atoms with Crippen molar-refractivity contribution < 1.29 is 9.59 Å². The van der Waals surface area contributed by atoms with Gasteiger partial charge in [-0.2, -0.15) is 0 Å². The van der Waals surface area contributed by atoms with Crippen LogP contribution in [0.5, 0.6) is 0 Å². The van der Waals surface area contributed by atoms with Crippen LogP contribution in [0, 0.1) is 0 Å². The van der Waals surface area contributed by atoms with Crippen molar-refractivity contribution in [1.29, 1.82) is 0 Å². The molecule has 1 fully saturated rings. The molecule has 1 aliphatic heterocycles. The third-order valence-electron chi connectivity index (χ3n) is 6.00. The number of aromatic nitrogens is 1. The molecule has 2 heterocycles. The molecule has 1 aromatic heterocycles. The van der Waals surface area contributed by atoms with E-state index >= 15 is 0 Å². The molecule has 0 bridgehead atoms. The highest BCUT2D eigenvalue weighted by molar-refractivity contribution is 5.99. The van der Waals surface area contributed by atoms with Gasteiger partial charge in [0, 0.05) is 5.39 Å². The molecule has 6 heteroatoms. The highest BCUT2D eigenvalue weighted by atomic mass is 16.2. The van der Waals surface area contributed by atoms with E-state index in [9.17, 15) is 9.59 Å². The first-order valence-electron chi connectivity index (χ1n) is 11.4. The summed E-state index contributed by atoms with van der Waals surface area (Å²) in [5, 5.41) is 10.1. The number of nitrogens with one attached hydrogen (secondary N) is 3. The Morgan fingerprint density at radius 3 is 2.72 bits per heavy atom. The number of hydrogen-bond donors (Lipinski definition) is 3. The Kier molecular flexibility index (Phi) is 7.12. The van der Waals surface area contributed by atoms with Crippen molar-refractivity contribution in [3.8, 4) is 0 Å². The molecule has 1 aliphatic rings. The summed E-state index contributed by atoms with van der Waals surface area (Å²) in [6.45, 7) is 2.95. The zero-order valence-corrected chi connectivity index (χ0v) is 18.4. The molecular formula is C26H30N4O2. The van der Waals surface area contributed by atoms with Crippen molar-refractivity contribution in [2.75, 3.05) is 11.9 Å². The molecule has 1 saturated heterocycles. The molecule has 1 unspecified atom stereocenters. The number of nitrogens with zero attached hydrogens (tertiary/aromatic N) is 1. The predicted octanol–water partition coefficient (Wildman–Crippen LogP) is 3.61. The summed E-state index contributed by atoms with van der Waals surface area (Å²) in [6.07, 6.45) is 5.60. The molecule has 2 amide bonds. The largest absolute Gasteiger partial charge is 0.343 e. The second kappa shape index (κ2) is 10.4. The minimum Gasteiger partial charge on any atom is -0.343 e. The van der Waals surface area contributed by atoms with Crippen molar-refractivity contribution in [2.24, 2.45) is 0 Å². The summed E-state index contributed by atoms with van der Waals surface area (Å²) in [5.74, 6) is -0.333. The van der Waals surface area contributed by atoms with E-state index in [2.05, 4.69) is 40.0 Å². The van der Waals surface area contributed by atoms with Crippen LogP contribution in [0.25, 0.3) is 10.9 Å². The number of benzene rings is 2. The summed E-state index contributed by atoms with van der Waals surface area (Å²) in [5.41, 5.74) is 3.88. The molecule has 0 saturated carbocycles. The first-order chi connectivity index (χ1) is 15.6. The minimum absolute atomic E-state index is 0.111. The van der Waals surface area contributed by atoms with E-state index in [4.69, 9.17) is 0 Å². The van der Waals surface area contributed by atoms with Crippen molar-refractivity contribution in [1.82, 2.24) is 15.6 Å². The fourth-order valence-corrected chi connectivity index (χ4v) is 4.10. The number of fused-ring (bicyclic) bond motifs is 1. The predicted molar refractivity (Wildman–Crippen MR) is 127 cm³/mol. The lowest BCUT2D eigenvalue weighted by Gasteiger charge is -2.21. The van der Waals surface area contributed by atoms with Gasteiger partial charge in [0.25, 0.3) is 0 Å². The topological polar surface area (TPSA) is 83.1 Å². The Morgan fingerprint density at radius 2 is 1.97 bits per heavy atom. The minimum atomic E-state index is -0.622. The first kappa shape index (κ1) is 22.0. The second-order valence-electron chi connectivity index (χ2n) is 8.33. The standard InChI is InChI=1S/C26H30N4O2/c1-2-18-10-12-22-20(15-18)16-21(17-28-22)29-26(32)24(13-11-19-7-4-3-5-8-19)30-25(31)23-9-6-14-27-23/h3-5,7-8,10,12,15-17,23-24,27H,2,6,9,11,13-14H2,1H3,(H,29,32)(H,30,31)/t23?,24-/m1/s1. The van der Waals surface area contributed by atoms with E-state index in [1.54, 1.807) is 6.20 Å². The van der Waals surface area contributed by atoms with Gasteiger partial charge in [0.2, 0.25) is 11.8 Å². The van der Waals surface area contributed by atoms with Gasteiger partial charge in [0.15, 0.2) is 0 Å². The lowest BCUT2D eigenvalue weighted by molar-refractivity contribution is -0.127. The summed E-state index contributed by atoms with van der Waals surface area (Å²) < 4.78 is 0. The van der Waals surface area contributed by atoms with Crippen LogP contribution in [0.3, 0.4) is 0 Å². The van der Waals surface area contributed by atoms with Crippen LogP contribution in [-0.4, -0.2) is 35.4 Å². The number of pyridine rings is 1. The number of aryl methyl sites for hydroxylation is 2. The van der Waals surface area contributed by atoms with Crippen LogP contribution < -0.4 is 16.0 Å². The summed E-state index contributed by atoms with van der Waals surface area (Å²) >= 11 is 0. The SMILES string of the molecule is CCc1ccc2ncc(NC(=O)[C@@H](CCc3ccccc3)NC(=O)C3CCCN3)cc2c1. The van der Waals surface area contributed by atoms with E-state index in [-0.39, 0.29) is 17.9 Å². The Balaban J connectivity index is 1.48. The lowest BCUT2D eigenvalue weighted by atomic mass is 10.0. The Bertz CT molecular complexity index is 1080. The maximum Gasteiger partial charge on any atom is 0.247 e. The monoisotopic (exact) mass is 430 g/mol. The third kappa shape index (κ3) is 5.51. The van der Waals surface area contributed by atoms with Crippen LogP contribution >= 0.6 is 0 Å². The second-order valence-corrected chi connectivity index (χ2v) is 8.33. The van der Waals surface area contributed by atoms with Crippen molar-refractivity contribution in [2.45, 2.75) is 51.1 Å². The average Bonchev–Trinajstić information content (AvgIpc) is 3.37. The van der Waals surface area contributed by atoms with Crippen LogP contribution in [0.15, 0.2) is 60.8 Å². The van der Waals surface area contributed by atoms with Crippen molar-refractivity contribution in [3.63, 3.8) is 0 Å². The number of hydrogen-bond acceptors (Lipinski definition) is 4. The molecule has 0 aliphatic carbocycles. The number of anilines is 1. The van der Waals surface area contributed by atoms with Crippen LogP contribution in [0.2, 0.25) is 0 Å². The van der Waals surface area contributed by atoms with E-state index < -0.39 is 6.04 Å². The highest BCUT2D eigenvalue weighted by Crippen LogP contribution is 2.19. The van der Waals surface area contributed by atoms with Crippen LogP contribution in [0.1, 0.15) is 37.3 Å². The van der Waals surface area contributed by atoms with E-state index in [1.165, 1.54) is 5.56 Å². The number of amides is 2. The first-order valence-corrected chi connectivity index (χ1v) is 11.4. The Hall–Kier alpha value is -3.25. The molecule has 0 radical (unpaired) electrons. The number of carbonyl (C=O) groups is 2. The van der Waals surface area contributed by atoms with Gasteiger partial charge in [0.1, 0.15) is 6.04 Å². The Morgan fingerprint density at radius 1 is 1.12 bits per heavy atom. The highest BCUT2D eigenvalue weighted by Gasteiger charge is 2.27. The molecule has 32 heavy (non-hydrogen) atoms. The van der Waals surface area contributed by atoms with Gasteiger partial charge >= 0.3 is 0 Å². The van der Waals surface area contributed by atoms with Gasteiger partial charge in [-0.15, -0.1) is 0 Å². The summed E-state index contributed by atoms with van der Waals surface area (Å²) in [7, 11) is 0. The van der Waals surface area contributed by atoms with Gasteiger partial charge in [0.05, 0.1) is 23.4 Å². The van der Waals surface area contributed by atoms with E-state index in [1.807, 2.05) is 42.5 Å². The maximum atomic E-state index is 13.2. The molecule has 166 valence electrons. The molecule has 3 N–H and O–H groups in total. The van der Waals surface area contributed by atoms with Crippen LogP contribution in [-0.2, 0) is 22.4 Å². The van der Waals surface area contributed by atoms with Gasteiger partial charge in [-0.25, -0.2) is 0 Å². The molecule has 4 rings (SSSR count). The molecule has 0 spiro atoms. The van der Waals surface area contributed by atoms with Crippen molar-refractivity contribution >= 4 is 28.4 Å². The maximum absolute atomic E-state index is 13.2. The zero-order valence-electron chi connectivity index (χ0n) is 18.4. The quantitative estimate of drug-likeness (QED) is 0.510. The average molecular weight is 431 g/mol. The third-order valence-corrected chi connectivity index (χ3v) is 6.00. The van der Waals surface area contributed by atoms with E-state index in [0.29, 0.717) is 18.5 Å². The van der Waals surface area contributed by atoms with Gasteiger partial charge in [-0.1, -0.05) is 43.3 Å². The summed E-state index contributed by atoms with van der Waals surface area (Å²) in [4.78, 5) is 30.3. The molecular weight excluding hydrogens is 400 g/mol. The fourth-order valence-electron chi connectivity index (χ4n) is 4.10. The fraction of sp³-hybridized carbons (Fsp3) is 0.346. The van der Waals surface area contributed by atoms with Gasteiger partial charge in [-0.05, 0) is 68.0 Å². The zero-order chi connectivity index (χ0) is 22.3. The molecule has 2 atom stereocenters. The normalized spacial score (nSPS) is 16.6. The Labute approximate surface area is 188 Å². The number of rotatable bonds is 8. The number of carbonyl (C=O) groups excluding carboxylic acids is 2. The smallest absolute Gasteiger partial charge is 0.247 e. The summed E-state index contributed by atoms with van der Waals surface area (Å²) in [6, 6.07) is 17.3. The molecule has 2 aromatic carbocycles. The molecule has 3 aromatic rings. The lowest BCUT2D eigenvalue weighted by Crippen LogP contribution is -2.50. The van der Waals surface area contributed by atoms with Crippen LogP contribution in [0.4, 0.5) is 5.69 Å². The van der Waals surface area contributed by atoms with Gasteiger partial charge < -0.3 is 16.0 Å². The van der Waals surface area contributed by atoms with E-state index in [0.717, 1.165) is 42.3 Å². The van der Waals surface area contributed by atoms with Gasteiger partial charge in [-0.3, -0.25) is 14.6 Å².